The molecule has 0 unspecified atom stereocenters. The van der Waals surface area contributed by atoms with Gasteiger partial charge in [0.05, 0.1) is 12.7 Å². The van der Waals surface area contributed by atoms with Crippen molar-refractivity contribution in [3.8, 4) is 11.5 Å². The van der Waals surface area contributed by atoms with Crippen molar-refractivity contribution in [1.29, 1.82) is 0 Å². The average Bonchev–Trinajstić information content (AvgIpc) is 2.38. The van der Waals surface area contributed by atoms with Crippen molar-refractivity contribution < 1.29 is 14.6 Å². The first kappa shape index (κ1) is 14.8. The number of phenolic OH excluding ortho intramolecular Hbond substituents is 1. The molecule has 0 saturated heterocycles. The van der Waals surface area contributed by atoms with E-state index in [-0.39, 0.29) is 17.2 Å². The molecule has 1 aromatic carbocycles. The van der Waals surface area contributed by atoms with Gasteiger partial charge in [0.15, 0.2) is 0 Å². The van der Waals surface area contributed by atoms with E-state index in [4.69, 9.17) is 4.74 Å². The summed E-state index contributed by atoms with van der Waals surface area (Å²) in [5, 5.41) is 13.5. The first-order valence-corrected chi connectivity index (χ1v) is 7.02. The molecule has 0 radical (unpaired) electrons. The first-order chi connectivity index (χ1) is 8.69. The van der Waals surface area contributed by atoms with Crippen LogP contribution in [0.4, 0.5) is 0 Å². The third-order valence-corrected chi connectivity index (χ3v) is 3.11. The number of unbranched alkanes of at least 4 members (excludes halogenated alkanes) is 2. The topological polar surface area (TPSA) is 58.6 Å². The zero-order valence-electron chi connectivity index (χ0n) is 10.4. The molecule has 0 aliphatic rings. The van der Waals surface area contributed by atoms with E-state index in [1.54, 1.807) is 12.1 Å². The number of phenols is 1. The van der Waals surface area contributed by atoms with Gasteiger partial charge in [0.2, 0.25) is 0 Å². The van der Waals surface area contributed by atoms with Gasteiger partial charge in [0, 0.05) is 17.9 Å². The Balaban J connectivity index is 2.46. The van der Waals surface area contributed by atoms with Crippen molar-refractivity contribution >= 4 is 21.8 Å². The summed E-state index contributed by atoms with van der Waals surface area (Å²) in [4.78, 5) is 11.8. The van der Waals surface area contributed by atoms with E-state index >= 15 is 0 Å². The Kier molecular flexibility index (Phi) is 6.57. The number of carbonyl (C=O) groups is 1. The van der Waals surface area contributed by atoms with Crippen LogP contribution in [0, 0.1) is 0 Å². The Bertz CT molecular complexity index is 396. The largest absolute Gasteiger partial charge is 0.507 e. The van der Waals surface area contributed by atoms with Crippen molar-refractivity contribution in [1.82, 2.24) is 5.32 Å². The van der Waals surface area contributed by atoms with Gasteiger partial charge in [-0.05, 0) is 25.0 Å². The number of hydrogen-bond donors (Lipinski definition) is 2. The van der Waals surface area contributed by atoms with Crippen molar-refractivity contribution in [2.24, 2.45) is 0 Å². The molecule has 0 fully saturated rings. The van der Waals surface area contributed by atoms with E-state index in [1.165, 1.54) is 13.2 Å². The maximum absolute atomic E-state index is 11.8. The van der Waals surface area contributed by atoms with E-state index in [0.717, 1.165) is 24.6 Å². The molecule has 0 heterocycles. The lowest BCUT2D eigenvalue weighted by atomic mass is 10.1. The van der Waals surface area contributed by atoms with Gasteiger partial charge in [-0.15, -0.1) is 0 Å². The van der Waals surface area contributed by atoms with Gasteiger partial charge in [0.1, 0.15) is 11.5 Å². The van der Waals surface area contributed by atoms with Crippen LogP contribution in [-0.4, -0.2) is 30.0 Å². The van der Waals surface area contributed by atoms with Crippen LogP contribution in [-0.2, 0) is 0 Å². The highest BCUT2D eigenvalue weighted by Crippen LogP contribution is 2.23. The third-order valence-electron chi connectivity index (χ3n) is 2.55. The van der Waals surface area contributed by atoms with Crippen molar-refractivity contribution in [2.75, 3.05) is 19.0 Å². The summed E-state index contributed by atoms with van der Waals surface area (Å²) in [5.41, 5.74) is 0.274. The summed E-state index contributed by atoms with van der Waals surface area (Å²) in [6.45, 7) is 0.622. The van der Waals surface area contributed by atoms with Gasteiger partial charge >= 0.3 is 0 Å². The van der Waals surface area contributed by atoms with Crippen molar-refractivity contribution in [3.63, 3.8) is 0 Å². The Morgan fingerprint density at radius 2 is 2.17 bits per heavy atom. The second kappa shape index (κ2) is 7.97. The maximum Gasteiger partial charge on any atom is 0.255 e. The van der Waals surface area contributed by atoms with E-state index in [2.05, 4.69) is 21.2 Å². The predicted molar refractivity (Wildman–Crippen MR) is 74.6 cm³/mol. The molecule has 0 spiro atoms. The zero-order chi connectivity index (χ0) is 13.4. The highest BCUT2D eigenvalue weighted by atomic mass is 79.9. The van der Waals surface area contributed by atoms with Gasteiger partial charge in [-0.1, -0.05) is 22.4 Å². The van der Waals surface area contributed by atoms with Gasteiger partial charge in [-0.25, -0.2) is 0 Å². The van der Waals surface area contributed by atoms with E-state index in [9.17, 15) is 9.90 Å². The maximum atomic E-state index is 11.8. The lowest BCUT2D eigenvalue weighted by molar-refractivity contribution is 0.0950. The molecule has 18 heavy (non-hydrogen) atoms. The number of methoxy groups -OCH3 is 1. The summed E-state index contributed by atoms with van der Waals surface area (Å²) in [6, 6.07) is 4.64. The quantitative estimate of drug-likeness (QED) is 0.601. The molecule has 1 rings (SSSR count). The Hall–Kier alpha value is -1.23. The average molecular weight is 316 g/mol. The van der Waals surface area contributed by atoms with Crippen LogP contribution in [0.5, 0.6) is 11.5 Å². The van der Waals surface area contributed by atoms with Gasteiger partial charge in [-0.3, -0.25) is 4.79 Å². The standard InChI is InChI=1S/C13H18BrNO3/c1-18-10-5-6-11(12(16)9-10)13(17)15-8-4-2-3-7-14/h5-6,9,16H,2-4,7-8H2,1H3,(H,15,17). The number of rotatable bonds is 7. The normalized spacial score (nSPS) is 10.1. The number of halogens is 1. The number of ether oxygens (including phenoxy) is 1. The van der Waals surface area contributed by atoms with Crippen LogP contribution in [0.3, 0.4) is 0 Å². The number of nitrogens with one attached hydrogen (secondary N) is 1. The highest BCUT2D eigenvalue weighted by Gasteiger charge is 2.11. The fourth-order valence-electron chi connectivity index (χ4n) is 1.52. The van der Waals surface area contributed by atoms with Gasteiger partial charge in [0.25, 0.3) is 5.91 Å². The molecule has 4 nitrogen and oxygen atoms in total. The first-order valence-electron chi connectivity index (χ1n) is 5.90. The lowest BCUT2D eigenvalue weighted by Gasteiger charge is -2.08. The fourth-order valence-corrected chi connectivity index (χ4v) is 1.92. The molecule has 0 aliphatic heterocycles. The van der Waals surface area contributed by atoms with Gasteiger partial charge < -0.3 is 15.2 Å². The molecule has 0 saturated carbocycles. The van der Waals surface area contributed by atoms with Crippen molar-refractivity contribution in [2.45, 2.75) is 19.3 Å². The molecule has 1 amide bonds. The zero-order valence-corrected chi connectivity index (χ0v) is 12.0. The molecule has 0 bridgehead atoms. The van der Waals surface area contributed by atoms with Crippen LogP contribution < -0.4 is 10.1 Å². The second-order valence-electron chi connectivity index (χ2n) is 3.89. The molecule has 0 atom stereocenters. The Morgan fingerprint density at radius 3 is 2.78 bits per heavy atom. The van der Waals surface area contributed by atoms with E-state index < -0.39 is 0 Å². The minimum Gasteiger partial charge on any atom is -0.507 e. The number of aromatic hydroxyl groups is 1. The minimum atomic E-state index is -0.256. The molecule has 0 aromatic heterocycles. The summed E-state index contributed by atoms with van der Waals surface area (Å²) < 4.78 is 4.96. The van der Waals surface area contributed by atoms with Gasteiger partial charge in [-0.2, -0.15) is 0 Å². The van der Waals surface area contributed by atoms with E-state index in [0.29, 0.717) is 12.3 Å². The molecule has 5 heteroatoms. The SMILES string of the molecule is COc1ccc(C(=O)NCCCCCBr)c(O)c1. The summed E-state index contributed by atoms with van der Waals surface area (Å²) in [6.07, 6.45) is 3.11. The highest BCUT2D eigenvalue weighted by molar-refractivity contribution is 9.09. The molecule has 100 valence electrons. The minimum absolute atomic E-state index is 0.0627. The number of alkyl halides is 1. The number of carbonyl (C=O) groups excluding carboxylic acids is 1. The predicted octanol–water partition coefficient (Wildman–Crippen LogP) is 2.70. The van der Waals surface area contributed by atoms with E-state index in [1.807, 2.05) is 0 Å². The third kappa shape index (κ3) is 4.56. The van der Waals surface area contributed by atoms with Crippen LogP contribution >= 0.6 is 15.9 Å². The fraction of sp³-hybridized carbons (Fsp3) is 0.462. The number of hydrogen-bond acceptors (Lipinski definition) is 3. The summed E-state index contributed by atoms with van der Waals surface area (Å²) in [5.74, 6) is 0.211. The Labute approximate surface area is 115 Å². The summed E-state index contributed by atoms with van der Waals surface area (Å²) >= 11 is 3.36. The molecule has 0 aliphatic carbocycles. The Morgan fingerprint density at radius 1 is 1.39 bits per heavy atom. The van der Waals surface area contributed by atoms with Crippen LogP contribution in [0.1, 0.15) is 29.6 Å². The second-order valence-corrected chi connectivity index (χ2v) is 4.68. The van der Waals surface area contributed by atoms with Crippen LogP contribution in [0.2, 0.25) is 0 Å². The number of benzene rings is 1. The van der Waals surface area contributed by atoms with Crippen LogP contribution in [0.15, 0.2) is 18.2 Å². The smallest absolute Gasteiger partial charge is 0.255 e. The molecular weight excluding hydrogens is 298 g/mol. The van der Waals surface area contributed by atoms with Crippen LogP contribution in [0.25, 0.3) is 0 Å². The van der Waals surface area contributed by atoms with Crippen molar-refractivity contribution in [3.05, 3.63) is 23.8 Å². The molecule has 2 N–H and O–H groups in total. The molecule has 1 aromatic rings. The molecular formula is C13H18BrNO3. The monoisotopic (exact) mass is 315 g/mol. The lowest BCUT2D eigenvalue weighted by Crippen LogP contribution is -2.24. The summed E-state index contributed by atoms with van der Waals surface area (Å²) in [7, 11) is 1.51. The number of amides is 1.